The largest absolute Gasteiger partial charge is 0.454 e. The van der Waals surface area contributed by atoms with Crippen LogP contribution in [0, 0.1) is 10.1 Å². The zero-order valence-corrected chi connectivity index (χ0v) is 13.4. The highest BCUT2D eigenvalue weighted by Gasteiger charge is 2.19. The molecule has 0 amide bonds. The fourth-order valence-electron chi connectivity index (χ4n) is 2.37. The normalized spacial score (nSPS) is 10.6. The average Bonchev–Trinajstić information content (AvgIpc) is 3.03. The van der Waals surface area contributed by atoms with Gasteiger partial charge in [-0.15, -0.1) is 0 Å². The molecule has 0 atom stereocenters. The van der Waals surface area contributed by atoms with Gasteiger partial charge >= 0.3 is 5.97 Å². The first-order chi connectivity index (χ1) is 12.0. The molecule has 0 saturated heterocycles. The molecule has 2 aromatic carbocycles. The summed E-state index contributed by atoms with van der Waals surface area (Å²) in [6, 6.07) is 10.8. The summed E-state index contributed by atoms with van der Waals surface area (Å²) in [6.45, 7) is -0.475. The van der Waals surface area contributed by atoms with Crippen molar-refractivity contribution in [3.8, 4) is 0 Å². The molecule has 7 nitrogen and oxygen atoms in total. The molecule has 0 fully saturated rings. The fraction of sp³-hybridized carbons (Fsp3) is 0.0588. The zero-order valence-electron chi connectivity index (χ0n) is 12.7. The number of nitro benzene ring substituents is 1. The summed E-state index contributed by atoms with van der Waals surface area (Å²) < 4.78 is 4.97. The molecule has 0 spiro atoms. The Bertz CT molecular complexity index is 996. The number of carbonyl (C=O) groups excluding carboxylic acids is 2. The number of carbonyl (C=O) groups is 2. The minimum atomic E-state index is -0.840. The molecule has 0 aliphatic rings. The summed E-state index contributed by atoms with van der Waals surface area (Å²) in [4.78, 5) is 37.4. The predicted octanol–water partition coefficient (Wildman–Crippen LogP) is 3.77. The number of hydrogen-bond donors (Lipinski definition) is 1. The van der Waals surface area contributed by atoms with Gasteiger partial charge in [0, 0.05) is 28.7 Å². The summed E-state index contributed by atoms with van der Waals surface area (Å²) in [5.74, 6) is -1.22. The lowest BCUT2D eigenvalue weighted by atomic mass is 10.1. The molecule has 1 aromatic heterocycles. The number of aromatic amines is 1. The first kappa shape index (κ1) is 16.7. The number of hydrogen-bond acceptors (Lipinski definition) is 5. The number of Topliss-reactive ketones (excluding diaryl/α,β-unsaturated/α-hetero) is 1. The van der Waals surface area contributed by atoms with Gasteiger partial charge < -0.3 is 9.72 Å². The van der Waals surface area contributed by atoms with Crippen LogP contribution in [0.4, 0.5) is 5.69 Å². The van der Waals surface area contributed by atoms with E-state index in [0.717, 1.165) is 17.0 Å². The zero-order chi connectivity index (χ0) is 18.0. The van der Waals surface area contributed by atoms with E-state index in [4.69, 9.17) is 16.3 Å². The van der Waals surface area contributed by atoms with Gasteiger partial charge in [-0.25, -0.2) is 4.79 Å². The van der Waals surface area contributed by atoms with Crippen LogP contribution in [0.3, 0.4) is 0 Å². The predicted molar refractivity (Wildman–Crippen MR) is 91.0 cm³/mol. The molecule has 3 aromatic rings. The van der Waals surface area contributed by atoms with E-state index < -0.39 is 23.2 Å². The maximum absolute atomic E-state index is 12.3. The molecule has 0 aliphatic heterocycles. The number of ether oxygens (including phenoxy) is 1. The van der Waals surface area contributed by atoms with Crippen molar-refractivity contribution < 1.29 is 19.2 Å². The number of ketones is 1. The number of aromatic nitrogens is 1. The number of halogens is 1. The minimum absolute atomic E-state index is 0.0529. The highest BCUT2D eigenvalue weighted by Crippen LogP contribution is 2.25. The molecule has 126 valence electrons. The summed E-state index contributed by atoms with van der Waals surface area (Å²) >= 11 is 5.70. The van der Waals surface area contributed by atoms with E-state index in [-0.39, 0.29) is 16.4 Å². The molecule has 1 heterocycles. The third-order valence-corrected chi connectivity index (χ3v) is 3.92. The van der Waals surface area contributed by atoms with Crippen LogP contribution >= 0.6 is 11.6 Å². The van der Waals surface area contributed by atoms with Gasteiger partial charge in [-0.05, 0) is 18.2 Å². The Morgan fingerprint density at radius 3 is 2.72 bits per heavy atom. The third-order valence-electron chi connectivity index (χ3n) is 3.60. The fourth-order valence-corrected chi connectivity index (χ4v) is 2.56. The monoisotopic (exact) mass is 358 g/mol. The summed E-state index contributed by atoms with van der Waals surface area (Å²) in [7, 11) is 0. The minimum Gasteiger partial charge on any atom is -0.454 e. The van der Waals surface area contributed by atoms with Crippen molar-refractivity contribution in [2.24, 2.45) is 0 Å². The van der Waals surface area contributed by atoms with Crippen LogP contribution < -0.4 is 0 Å². The van der Waals surface area contributed by atoms with Crippen LogP contribution in [0.1, 0.15) is 20.7 Å². The van der Waals surface area contributed by atoms with Gasteiger partial charge in [-0.1, -0.05) is 29.8 Å². The Labute approximate surface area is 146 Å². The number of nitrogens with zero attached hydrogens (tertiary/aromatic N) is 1. The topological polar surface area (TPSA) is 102 Å². The Kier molecular flexibility index (Phi) is 4.49. The number of nitrogens with one attached hydrogen (secondary N) is 1. The molecule has 8 heteroatoms. The van der Waals surface area contributed by atoms with Gasteiger partial charge in [-0.2, -0.15) is 0 Å². The number of para-hydroxylation sites is 1. The molecule has 0 radical (unpaired) electrons. The van der Waals surface area contributed by atoms with Crippen LogP contribution in [-0.4, -0.2) is 28.3 Å². The smallest absolute Gasteiger partial charge is 0.338 e. The van der Waals surface area contributed by atoms with Gasteiger partial charge in [0.1, 0.15) is 5.02 Å². The highest BCUT2D eigenvalue weighted by molar-refractivity contribution is 6.32. The second-order valence-corrected chi connectivity index (χ2v) is 5.58. The third kappa shape index (κ3) is 3.36. The van der Waals surface area contributed by atoms with E-state index in [0.29, 0.717) is 5.56 Å². The van der Waals surface area contributed by atoms with Gasteiger partial charge in [0.15, 0.2) is 6.61 Å². The highest BCUT2D eigenvalue weighted by atomic mass is 35.5. The van der Waals surface area contributed by atoms with E-state index >= 15 is 0 Å². The van der Waals surface area contributed by atoms with Crippen LogP contribution in [0.25, 0.3) is 10.9 Å². The second-order valence-electron chi connectivity index (χ2n) is 5.17. The first-order valence-corrected chi connectivity index (χ1v) is 7.55. The van der Waals surface area contributed by atoms with Crippen LogP contribution in [-0.2, 0) is 4.74 Å². The van der Waals surface area contributed by atoms with E-state index in [1.165, 1.54) is 12.1 Å². The number of nitro groups is 1. The standard InChI is InChI=1S/C17H11ClN2O5/c18-13-6-5-10(7-15(13)20(23)24)17(22)25-9-16(21)12-8-19-14-4-2-1-3-11(12)14/h1-8,19H,9H2. The Morgan fingerprint density at radius 1 is 1.20 bits per heavy atom. The molecule has 25 heavy (non-hydrogen) atoms. The van der Waals surface area contributed by atoms with Crippen LogP contribution in [0.15, 0.2) is 48.7 Å². The molecule has 0 unspecified atom stereocenters. The first-order valence-electron chi connectivity index (χ1n) is 7.18. The van der Waals surface area contributed by atoms with E-state index in [1.54, 1.807) is 18.3 Å². The maximum Gasteiger partial charge on any atom is 0.338 e. The Balaban J connectivity index is 1.73. The van der Waals surface area contributed by atoms with Gasteiger partial charge in [0.2, 0.25) is 5.78 Å². The molecular formula is C17H11ClN2O5. The number of H-pyrrole nitrogens is 1. The summed E-state index contributed by atoms with van der Waals surface area (Å²) in [5.41, 5.74) is 0.748. The van der Waals surface area contributed by atoms with E-state index in [9.17, 15) is 19.7 Å². The quantitative estimate of drug-likeness (QED) is 0.323. The van der Waals surface area contributed by atoms with Crippen molar-refractivity contribution in [3.63, 3.8) is 0 Å². The summed E-state index contributed by atoms with van der Waals surface area (Å²) in [6.07, 6.45) is 1.55. The molecule has 0 bridgehead atoms. The van der Waals surface area contributed by atoms with Crippen molar-refractivity contribution in [2.45, 2.75) is 0 Å². The Hall–Kier alpha value is -3.19. The lowest BCUT2D eigenvalue weighted by molar-refractivity contribution is -0.384. The van der Waals surface area contributed by atoms with E-state index in [2.05, 4.69) is 4.98 Å². The number of rotatable bonds is 5. The molecule has 0 aliphatic carbocycles. The molecule has 3 rings (SSSR count). The van der Waals surface area contributed by atoms with Crippen molar-refractivity contribution in [1.82, 2.24) is 4.98 Å². The van der Waals surface area contributed by atoms with Crippen molar-refractivity contribution in [2.75, 3.05) is 6.61 Å². The molecule has 0 saturated carbocycles. The lowest BCUT2D eigenvalue weighted by Crippen LogP contribution is -2.14. The molecular weight excluding hydrogens is 348 g/mol. The van der Waals surface area contributed by atoms with Gasteiger partial charge in [0.05, 0.1) is 10.5 Å². The van der Waals surface area contributed by atoms with Crippen molar-refractivity contribution in [1.29, 1.82) is 0 Å². The lowest BCUT2D eigenvalue weighted by Gasteiger charge is -2.04. The number of esters is 1. The Morgan fingerprint density at radius 2 is 1.96 bits per heavy atom. The van der Waals surface area contributed by atoms with E-state index in [1.807, 2.05) is 12.1 Å². The van der Waals surface area contributed by atoms with Crippen LogP contribution in [0.2, 0.25) is 5.02 Å². The van der Waals surface area contributed by atoms with Crippen molar-refractivity contribution >= 4 is 39.9 Å². The van der Waals surface area contributed by atoms with Gasteiger partial charge in [-0.3, -0.25) is 14.9 Å². The average molecular weight is 359 g/mol. The van der Waals surface area contributed by atoms with Gasteiger partial charge in [0.25, 0.3) is 5.69 Å². The van der Waals surface area contributed by atoms with Crippen LogP contribution in [0.5, 0.6) is 0 Å². The van der Waals surface area contributed by atoms with Crippen molar-refractivity contribution in [3.05, 3.63) is 74.9 Å². The maximum atomic E-state index is 12.3. The number of fused-ring (bicyclic) bond motifs is 1. The SMILES string of the molecule is O=C(OCC(=O)c1c[nH]c2ccccc12)c1ccc(Cl)c([N+](=O)[O-])c1. The molecule has 1 N–H and O–H groups in total. The summed E-state index contributed by atoms with van der Waals surface area (Å²) in [5, 5.41) is 11.5. The number of benzene rings is 2. The second kappa shape index (κ2) is 6.74.